The van der Waals surface area contributed by atoms with Crippen molar-refractivity contribution in [2.75, 3.05) is 13.2 Å². The molecule has 6 nitrogen and oxygen atoms in total. The van der Waals surface area contributed by atoms with E-state index in [2.05, 4.69) is 57.2 Å². The molecule has 44 heavy (non-hydrogen) atoms. The molecule has 13 atom stereocenters. The minimum Gasteiger partial charge on any atom is -0.458 e. The van der Waals surface area contributed by atoms with Gasteiger partial charge in [-0.05, 0) is 97.7 Å². The van der Waals surface area contributed by atoms with Crippen LogP contribution < -0.4 is 0 Å². The number of esters is 1. The van der Waals surface area contributed by atoms with Gasteiger partial charge in [-0.3, -0.25) is 4.79 Å². The Morgan fingerprint density at radius 1 is 1.05 bits per heavy atom. The molecular weight excluding hydrogens is 552 g/mol. The molecule has 3 N–H and O–H groups in total. The monoisotopic (exact) mass is 602 g/mol. The number of aliphatic hydroxyl groups excluding tert-OH is 3. The normalized spacial score (nSPS) is 52.6. The van der Waals surface area contributed by atoms with Crippen LogP contribution in [0.4, 0.5) is 0 Å². The molecule has 5 aliphatic carbocycles. The summed E-state index contributed by atoms with van der Waals surface area (Å²) in [6.45, 7) is 9.65. The number of rotatable bonds is 4. The van der Waals surface area contributed by atoms with Crippen LogP contribution in [0.2, 0.25) is 0 Å². The maximum atomic E-state index is 13.3. The molecule has 2 heterocycles. The number of benzene rings is 1. The number of aliphatic hydroxyl groups is 3. The van der Waals surface area contributed by atoms with Gasteiger partial charge in [0.25, 0.3) is 0 Å². The van der Waals surface area contributed by atoms with E-state index >= 15 is 0 Å². The summed E-state index contributed by atoms with van der Waals surface area (Å²) in [5, 5.41) is 34.1. The van der Waals surface area contributed by atoms with Crippen LogP contribution in [0.1, 0.15) is 90.7 Å². The number of fused-ring (bicyclic) bond motifs is 5. The predicted octanol–water partition coefficient (Wildman–Crippen LogP) is 5.92. The Morgan fingerprint density at radius 2 is 1.80 bits per heavy atom. The number of ether oxygens (including phenoxy) is 2. The highest BCUT2D eigenvalue weighted by atomic mass is 16.5. The number of carbonyl (C=O) groups is 1. The summed E-state index contributed by atoms with van der Waals surface area (Å²) in [4.78, 5) is 13.3. The van der Waals surface area contributed by atoms with Crippen LogP contribution in [-0.2, 0) is 14.3 Å². The second-order valence-electron chi connectivity index (χ2n) is 16.6. The van der Waals surface area contributed by atoms with Crippen molar-refractivity contribution >= 4 is 5.97 Å². The average Bonchev–Trinajstić information content (AvgIpc) is 3.43. The molecule has 1 aromatic carbocycles. The third kappa shape index (κ3) is 3.49. The van der Waals surface area contributed by atoms with Crippen molar-refractivity contribution in [2.24, 2.45) is 50.7 Å². The Balaban J connectivity index is 1.10. The van der Waals surface area contributed by atoms with Crippen molar-refractivity contribution in [1.29, 1.82) is 0 Å². The molecule has 0 aromatic heterocycles. The number of carbonyl (C=O) groups excluding carboxylic acids is 1. The molecule has 0 bridgehead atoms. The van der Waals surface area contributed by atoms with Gasteiger partial charge in [-0.25, -0.2) is 0 Å². The van der Waals surface area contributed by atoms with E-state index in [1.807, 2.05) is 13.0 Å². The van der Waals surface area contributed by atoms with E-state index in [4.69, 9.17) is 9.47 Å². The van der Waals surface area contributed by atoms with Crippen LogP contribution in [-0.4, -0.2) is 52.8 Å². The molecule has 0 radical (unpaired) electrons. The van der Waals surface area contributed by atoms with Crippen LogP contribution in [0, 0.1) is 50.7 Å². The van der Waals surface area contributed by atoms with E-state index in [1.165, 1.54) is 11.1 Å². The minimum absolute atomic E-state index is 0.0409. The van der Waals surface area contributed by atoms with Gasteiger partial charge in [0.1, 0.15) is 6.10 Å². The Bertz CT molecular complexity index is 1420. The van der Waals surface area contributed by atoms with Crippen molar-refractivity contribution in [3.05, 3.63) is 59.2 Å². The minimum atomic E-state index is -0.485. The van der Waals surface area contributed by atoms with Crippen molar-refractivity contribution in [2.45, 2.75) is 103 Å². The second kappa shape index (κ2) is 9.53. The zero-order valence-corrected chi connectivity index (χ0v) is 26.8. The van der Waals surface area contributed by atoms with Gasteiger partial charge in [-0.1, -0.05) is 62.8 Å². The first-order valence-electron chi connectivity index (χ1n) is 17.2. The number of allylic oxidation sites excluding steroid dienone is 1. The first kappa shape index (κ1) is 29.4. The average molecular weight is 603 g/mol. The lowest BCUT2D eigenvalue weighted by Gasteiger charge is -2.68. The standard InChI is InChI=1S/C38H50O6/c1-22(19-39)14-25-16-26(33(42)44-25)27-11-13-37-20-38(27,37)32(41)18-30-34(2)12-10-24-15-28(23-8-6-5-7-9-23)43-21-35(24,3)29(34)17-31(40)36(30,37)4/h5-10,14,25-32,39-41H,11-13,15-21H2,1-4H3/b22-14-/t25-,26-,27-,28-,29+,30+,31+,32+,34-,35-,36-,37+,38+/m0/s1. The van der Waals surface area contributed by atoms with Gasteiger partial charge in [0.15, 0.2) is 0 Å². The molecule has 8 rings (SSSR count). The Labute approximate surface area is 261 Å². The Hall–Kier alpha value is -1.99. The molecule has 6 fully saturated rings. The quantitative estimate of drug-likeness (QED) is 0.293. The zero-order chi connectivity index (χ0) is 30.9. The highest BCUT2D eigenvalue weighted by molar-refractivity contribution is 5.76. The molecule has 6 heteroatoms. The largest absolute Gasteiger partial charge is 0.458 e. The summed E-state index contributed by atoms with van der Waals surface area (Å²) < 4.78 is 12.4. The van der Waals surface area contributed by atoms with Crippen LogP contribution >= 0.6 is 0 Å². The Kier molecular flexibility index (Phi) is 6.37. The summed E-state index contributed by atoms with van der Waals surface area (Å²) in [6, 6.07) is 10.5. The van der Waals surface area contributed by atoms with Gasteiger partial charge < -0.3 is 24.8 Å². The van der Waals surface area contributed by atoms with E-state index in [0.29, 0.717) is 19.4 Å². The molecule has 238 valence electrons. The fourth-order valence-electron chi connectivity index (χ4n) is 13.1. The van der Waals surface area contributed by atoms with Gasteiger partial charge in [0.05, 0.1) is 37.4 Å². The van der Waals surface area contributed by atoms with Gasteiger partial charge in [-0.2, -0.15) is 0 Å². The molecule has 4 saturated carbocycles. The Morgan fingerprint density at radius 3 is 2.55 bits per heavy atom. The lowest BCUT2D eigenvalue weighted by molar-refractivity contribution is -0.240. The maximum Gasteiger partial charge on any atom is 0.309 e. The van der Waals surface area contributed by atoms with Crippen molar-refractivity contribution in [3.8, 4) is 0 Å². The third-order valence-corrected chi connectivity index (χ3v) is 15.2. The smallest absolute Gasteiger partial charge is 0.309 e. The fraction of sp³-hybridized carbons (Fsp3) is 0.711. The van der Waals surface area contributed by atoms with Crippen molar-refractivity contribution in [1.82, 2.24) is 0 Å². The van der Waals surface area contributed by atoms with Gasteiger partial charge in [0.2, 0.25) is 0 Å². The van der Waals surface area contributed by atoms with Crippen LogP contribution in [0.25, 0.3) is 0 Å². The molecule has 7 aliphatic rings. The van der Waals surface area contributed by atoms with E-state index < -0.39 is 12.2 Å². The highest BCUT2D eigenvalue weighted by Gasteiger charge is 2.88. The van der Waals surface area contributed by atoms with Crippen molar-refractivity contribution in [3.63, 3.8) is 0 Å². The molecule has 2 aliphatic heterocycles. The van der Waals surface area contributed by atoms with Gasteiger partial charge in [0, 0.05) is 22.7 Å². The SMILES string of the molecule is C/C(=C/[C@H]1C[C@@H]([C@@H]2CC[C@]34C[C@]23[C@H](O)C[C@@H]2[C@@]3(C)CC=C5C[C@@H](c6ccccc6)OC[C@]5(C)[C@@H]3C[C@@H](O)[C@]24C)C(=O)O1)CO. The summed E-state index contributed by atoms with van der Waals surface area (Å²) in [5.74, 6) is 0.151. The molecule has 0 amide bonds. The molecule has 0 unspecified atom stereocenters. The summed E-state index contributed by atoms with van der Waals surface area (Å²) in [7, 11) is 0. The fourth-order valence-corrected chi connectivity index (χ4v) is 13.1. The van der Waals surface area contributed by atoms with Gasteiger partial charge in [-0.15, -0.1) is 0 Å². The van der Waals surface area contributed by atoms with Crippen LogP contribution in [0.5, 0.6) is 0 Å². The highest BCUT2D eigenvalue weighted by Crippen LogP contribution is 2.90. The van der Waals surface area contributed by atoms with E-state index in [0.717, 1.165) is 44.1 Å². The molecule has 0 spiro atoms. The summed E-state index contributed by atoms with van der Waals surface area (Å²) >= 11 is 0. The lowest BCUT2D eigenvalue weighted by atomic mass is 9.37. The lowest BCUT2D eigenvalue weighted by Crippen LogP contribution is -2.67. The summed E-state index contributed by atoms with van der Waals surface area (Å²) in [5.41, 5.74) is 2.54. The first-order chi connectivity index (χ1) is 20.9. The van der Waals surface area contributed by atoms with E-state index in [-0.39, 0.29) is 75.5 Å². The van der Waals surface area contributed by atoms with E-state index in [9.17, 15) is 20.1 Å². The second-order valence-corrected chi connectivity index (χ2v) is 16.6. The topological polar surface area (TPSA) is 96.2 Å². The van der Waals surface area contributed by atoms with Gasteiger partial charge >= 0.3 is 5.97 Å². The maximum absolute atomic E-state index is 13.3. The van der Waals surface area contributed by atoms with Crippen LogP contribution in [0.3, 0.4) is 0 Å². The number of hydrogen-bond donors (Lipinski definition) is 3. The molecule has 2 saturated heterocycles. The number of hydrogen-bond acceptors (Lipinski definition) is 6. The van der Waals surface area contributed by atoms with Crippen molar-refractivity contribution < 1.29 is 29.6 Å². The summed E-state index contributed by atoms with van der Waals surface area (Å²) in [6.07, 6.45) is 9.90. The zero-order valence-electron chi connectivity index (χ0n) is 26.8. The first-order valence-corrected chi connectivity index (χ1v) is 17.2. The molecular formula is C38H50O6. The van der Waals surface area contributed by atoms with Crippen LogP contribution in [0.15, 0.2) is 53.6 Å². The van der Waals surface area contributed by atoms with E-state index in [1.54, 1.807) is 0 Å². The number of cyclic esters (lactones) is 1. The third-order valence-electron chi connectivity index (χ3n) is 15.2. The predicted molar refractivity (Wildman–Crippen MR) is 166 cm³/mol. The molecule has 1 aromatic rings.